The molecule has 3 saturated heterocycles. The number of hydrogen-bond acceptors (Lipinski definition) is 18. The predicted molar refractivity (Wildman–Crippen MR) is 140 cm³/mol. The van der Waals surface area contributed by atoms with Gasteiger partial charge in [0.25, 0.3) is 0 Å². The number of carbonyl (C=O) groups is 1. The van der Waals surface area contributed by atoms with Crippen molar-refractivity contribution in [3.63, 3.8) is 0 Å². The van der Waals surface area contributed by atoms with Crippen molar-refractivity contribution in [2.75, 3.05) is 19.8 Å². The van der Waals surface area contributed by atoms with Gasteiger partial charge in [-0.15, -0.1) is 0 Å². The third kappa shape index (κ3) is 8.21. The van der Waals surface area contributed by atoms with Crippen molar-refractivity contribution < 1.29 is 89.4 Å². The Hall–Kier alpha value is -1.17. The van der Waals surface area contributed by atoms with E-state index in [1.54, 1.807) is 0 Å². The number of esters is 1. The van der Waals surface area contributed by atoms with Gasteiger partial charge >= 0.3 is 11.9 Å². The number of aliphatic hydroxyl groups excluding tert-OH is 11. The van der Waals surface area contributed by atoms with Gasteiger partial charge in [-0.1, -0.05) is 32.6 Å². The lowest BCUT2D eigenvalue weighted by molar-refractivity contribution is -0.473. The average molecular weight is 647 g/mol. The number of aliphatic hydroxyl groups is 11. The molecule has 0 aromatic carbocycles. The van der Waals surface area contributed by atoms with Crippen LogP contribution in [0.15, 0.2) is 0 Å². The molecule has 0 amide bonds. The Labute approximate surface area is 252 Å². The quantitative estimate of drug-likeness (QED) is 0.0477. The highest BCUT2D eigenvalue weighted by molar-refractivity contribution is 5.69. The van der Waals surface area contributed by atoms with Crippen molar-refractivity contribution in [1.29, 1.82) is 0 Å². The van der Waals surface area contributed by atoms with Crippen LogP contribution >= 0.6 is 0 Å². The minimum atomic E-state index is -2.97. The van der Waals surface area contributed by atoms with Gasteiger partial charge in [0.15, 0.2) is 18.7 Å². The largest absolute Gasteiger partial charge is 0.405 e. The molecule has 3 rings (SSSR count). The Morgan fingerprint density at radius 3 is 1.89 bits per heavy atom. The van der Waals surface area contributed by atoms with E-state index >= 15 is 0 Å². The lowest BCUT2D eigenvalue weighted by Gasteiger charge is -2.51. The van der Waals surface area contributed by atoms with Gasteiger partial charge < -0.3 is 84.6 Å². The minimum Gasteiger partial charge on any atom is -0.405 e. The van der Waals surface area contributed by atoms with Crippen LogP contribution in [0.25, 0.3) is 0 Å². The van der Waals surface area contributed by atoms with Gasteiger partial charge in [0, 0.05) is 6.42 Å². The summed E-state index contributed by atoms with van der Waals surface area (Å²) in [6.45, 7) is -0.699. The van der Waals surface area contributed by atoms with Gasteiger partial charge in [-0.05, 0) is 6.42 Å². The van der Waals surface area contributed by atoms with Crippen LogP contribution in [0, 0.1) is 0 Å². The second kappa shape index (κ2) is 16.6. The first-order valence-corrected chi connectivity index (χ1v) is 14.7. The molecule has 0 aromatic heterocycles. The molecule has 3 aliphatic rings. The first kappa shape index (κ1) is 37.3. The molecule has 3 fully saturated rings. The van der Waals surface area contributed by atoms with Crippen molar-refractivity contribution in [1.82, 2.24) is 0 Å². The van der Waals surface area contributed by atoms with Crippen LogP contribution in [-0.4, -0.2) is 174 Å². The van der Waals surface area contributed by atoms with Crippen LogP contribution < -0.4 is 0 Å². The van der Waals surface area contributed by atoms with E-state index in [0.717, 1.165) is 19.3 Å². The zero-order valence-electron chi connectivity index (χ0n) is 24.2. The maximum absolute atomic E-state index is 12.8. The molecular weight excluding hydrogens is 600 g/mol. The fraction of sp³-hybridized carbons (Fsp3) is 0.962. The van der Waals surface area contributed by atoms with Crippen LogP contribution in [0.2, 0.25) is 0 Å². The first-order chi connectivity index (χ1) is 20.8. The number of ether oxygens (including phenoxy) is 6. The average Bonchev–Trinajstić information content (AvgIpc) is 3.01. The van der Waals surface area contributed by atoms with E-state index in [0.29, 0.717) is 12.8 Å². The minimum absolute atomic E-state index is 0.183. The third-order valence-corrected chi connectivity index (χ3v) is 7.90. The highest BCUT2D eigenvalue weighted by atomic mass is 16.9. The standard InChI is InChI=1S/C26H46O18/c1-2-3-4-5-6-7-14(30)43-26(23(37)18(34)15(31)11(8-27)42-26)44-22-13(10-29)40-25(20(36)17(22)33)41-21-12(9-28)39-24(38)19(35)16(21)32/h11-13,15-25,27-29,31-38H,2-10H2,1H3/t11-,12-,13-,15-,16-,17-,18+,19-,20-,21-,22-,23-,24+,25?,26?/m1/s1. The van der Waals surface area contributed by atoms with Crippen molar-refractivity contribution in [2.45, 2.75) is 137 Å². The van der Waals surface area contributed by atoms with Crippen molar-refractivity contribution in [3.8, 4) is 0 Å². The molecule has 0 radical (unpaired) electrons. The maximum Gasteiger partial charge on any atom is 0.360 e. The molecule has 2 unspecified atom stereocenters. The predicted octanol–water partition coefficient (Wildman–Crippen LogP) is -5.34. The van der Waals surface area contributed by atoms with E-state index < -0.39 is 118 Å². The summed E-state index contributed by atoms with van der Waals surface area (Å²) in [4.78, 5) is 12.8. The SMILES string of the molecule is CCCCCCCC(=O)OC1(O[C@H]2[C@H](O)[C@@H](O)C(O[C@H]3[C@H](O)[C@@H](O)[C@@H](O)O[C@@H]3CO)O[C@@H]2CO)O[C@H](CO)[C@@H](O)[C@H](O)[C@H]1O. The summed E-state index contributed by atoms with van der Waals surface area (Å²) in [6, 6.07) is 0. The van der Waals surface area contributed by atoms with Crippen LogP contribution in [0.5, 0.6) is 0 Å². The van der Waals surface area contributed by atoms with Crippen molar-refractivity contribution >= 4 is 5.97 Å². The van der Waals surface area contributed by atoms with Crippen LogP contribution in [-0.2, 0) is 33.2 Å². The molecule has 18 heteroatoms. The van der Waals surface area contributed by atoms with Crippen molar-refractivity contribution in [2.24, 2.45) is 0 Å². The zero-order chi connectivity index (χ0) is 32.8. The van der Waals surface area contributed by atoms with E-state index in [9.17, 15) is 61.0 Å². The molecule has 0 spiro atoms. The molecule has 3 heterocycles. The molecule has 3 aliphatic heterocycles. The van der Waals surface area contributed by atoms with Gasteiger partial charge in [-0.25, -0.2) is 0 Å². The van der Waals surface area contributed by atoms with Crippen LogP contribution in [0.1, 0.15) is 45.4 Å². The zero-order valence-corrected chi connectivity index (χ0v) is 24.2. The summed E-state index contributed by atoms with van der Waals surface area (Å²) >= 11 is 0. The molecule has 11 N–H and O–H groups in total. The molecule has 258 valence electrons. The normalized spacial score (nSPS) is 44.8. The fourth-order valence-corrected chi connectivity index (χ4v) is 5.29. The molecule has 0 bridgehead atoms. The smallest absolute Gasteiger partial charge is 0.360 e. The topological polar surface area (TPSA) is 295 Å². The highest BCUT2D eigenvalue weighted by Gasteiger charge is 2.61. The molecule has 18 nitrogen and oxygen atoms in total. The lowest BCUT2D eigenvalue weighted by Crippen LogP contribution is -2.71. The first-order valence-electron chi connectivity index (χ1n) is 14.7. The Morgan fingerprint density at radius 1 is 0.682 bits per heavy atom. The number of unbranched alkanes of at least 4 members (excludes halogenated alkanes) is 4. The molecule has 0 aromatic rings. The van der Waals surface area contributed by atoms with E-state index in [1.807, 2.05) is 6.92 Å². The van der Waals surface area contributed by atoms with Crippen LogP contribution in [0.4, 0.5) is 0 Å². The van der Waals surface area contributed by atoms with Gasteiger partial charge in [0.05, 0.1) is 19.8 Å². The number of rotatable bonds is 14. The van der Waals surface area contributed by atoms with Gasteiger partial charge in [0.2, 0.25) is 0 Å². The summed E-state index contributed by atoms with van der Waals surface area (Å²) in [7, 11) is 0. The molecule has 0 saturated carbocycles. The van der Waals surface area contributed by atoms with E-state index in [2.05, 4.69) is 0 Å². The van der Waals surface area contributed by atoms with Gasteiger partial charge in [0.1, 0.15) is 67.1 Å². The third-order valence-electron chi connectivity index (χ3n) is 7.90. The maximum atomic E-state index is 12.8. The summed E-state index contributed by atoms with van der Waals surface area (Å²) in [5.74, 6) is -3.95. The Kier molecular flexibility index (Phi) is 14.1. The Balaban J connectivity index is 1.83. The summed E-state index contributed by atoms with van der Waals surface area (Å²) in [5, 5.41) is 113. The Bertz CT molecular complexity index is 876. The monoisotopic (exact) mass is 646 g/mol. The molecule has 44 heavy (non-hydrogen) atoms. The van der Waals surface area contributed by atoms with E-state index in [1.165, 1.54) is 0 Å². The lowest BCUT2D eigenvalue weighted by atomic mass is 9.95. The highest BCUT2D eigenvalue weighted by Crippen LogP contribution is 2.38. The molecular formula is C26H46O18. The summed E-state index contributed by atoms with van der Waals surface area (Å²) in [6.07, 6.45) is -22.6. The van der Waals surface area contributed by atoms with Crippen LogP contribution in [0.3, 0.4) is 0 Å². The van der Waals surface area contributed by atoms with Gasteiger partial charge in [-0.2, -0.15) is 0 Å². The Morgan fingerprint density at radius 2 is 1.27 bits per heavy atom. The van der Waals surface area contributed by atoms with Crippen molar-refractivity contribution in [3.05, 3.63) is 0 Å². The second-order valence-corrected chi connectivity index (χ2v) is 11.1. The summed E-state index contributed by atoms with van der Waals surface area (Å²) < 4.78 is 32.5. The van der Waals surface area contributed by atoms with E-state index in [4.69, 9.17) is 28.4 Å². The number of carbonyl (C=O) groups excluding carboxylic acids is 1. The molecule has 0 aliphatic carbocycles. The molecule has 15 atom stereocenters. The fourth-order valence-electron chi connectivity index (χ4n) is 5.29. The summed E-state index contributed by atoms with van der Waals surface area (Å²) in [5.41, 5.74) is 0. The van der Waals surface area contributed by atoms with Gasteiger partial charge in [-0.3, -0.25) is 4.79 Å². The van der Waals surface area contributed by atoms with E-state index in [-0.39, 0.29) is 6.42 Å². The second-order valence-electron chi connectivity index (χ2n) is 11.1. The number of hydrogen-bond donors (Lipinski definition) is 11.